The van der Waals surface area contributed by atoms with Gasteiger partial charge in [-0.05, 0) is 81.9 Å². The van der Waals surface area contributed by atoms with E-state index in [2.05, 4.69) is 187 Å². The molecule has 12 rings (SSSR count). The zero-order chi connectivity index (χ0) is 41.0. The molecule has 0 fully saturated rings. The van der Waals surface area contributed by atoms with Gasteiger partial charge in [0, 0.05) is 43.9 Å². The van der Waals surface area contributed by atoms with Crippen molar-refractivity contribution in [3.05, 3.63) is 218 Å². The Bertz CT molecular complexity index is 3610. The highest BCUT2D eigenvalue weighted by Gasteiger charge is 2.19. The van der Waals surface area contributed by atoms with Crippen molar-refractivity contribution < 1.29 is 4.42 Å². The highest BCUT2D eigenvalue weighted by atomic mass is 16.3. The Labute approximate surface area is 357 Å². The molecule has 0 amide bonds. The second-order valence-corrected chi connectivity index (χ2v) is 15.6. The molecule has 290 valence electrons. The fraction of sp³-hybridized carbons (Fsp3) is 0. The van der Waals surface area contributed by atoms with Crippen LogP contribution < -0.4 is 0 Å². The van der Waals surface area contributed by atoms with E-state index in [-0.39, 0.29) is 0 Å². The Morgan fingerprint density at radius 1 is 0.306 bits per heavy atom. The maximum absolute atomic E-state index is 6.58. The van der Waals surface area contributed by atoms with E-state index in [1.54, 1.807) is 0 Å². The summed E-state index contributed by atoms with van der Waals surface area (Å²) in [5.74, 6) is 1.81. The van der Waals surface area contributed by atoms with Crippen molar-refractivity contribution in [2.45, 2.75) is 0 Å². The number of para-hydroxylation sites is 2. The van der Waals surface area contributed by atoms with Crippen molar-refractivity contribution in [2.24, 2.45) is 0 Å². The van der Waals surface area contributed by atoms with Gasteiger partial charge in [0.05, 0.1) is 11.0 Å². The van der Waals surface area contributed by atoms with Crippen LogP contribution in [0.25, 0.3) is 117 Å². The van der Waals surface area contributed by atoms with E-state index in [0.717, 1.165) is 66.6 Å². The van der Waals surface area contributed by atoms with Crippen LogP contribution in [0.2, 0.25) is 0 Å². The third kappa shape index (κ3) is 6.06. The Hall–Kier alpha value is -8.41. The Balaban J connectivity index is 0.953. The van der Waals surface area contributed by atoms with Crippen molar-refractivity contribution >= 4 is 43.7 Å². The highest BCUT2D eigenvalue weighted by molar-refractivity contribution is 6.17. The van der Waals surface area contributed by atoms with E-state index in [1.807, 2.05) is 36.4 Å². The molecule has 5 heteroatoms. The number of nitrogens with zero attached hydrogens (tertiary/aromatic N) is 4. The van der Waals surface area contributed by atoms with Gasteiger partial charge in [-0.3, -0.25) is 0 Å². The molecule has 62 heavy (non-hydrogen) atoms. The fourth-order valence-corrected chi connectivity index (χ4v) is 8.95. The Morgan fingerprint density at radius 3 is 1.60 bits per heavy atom. The molecule has 12 aromatic rings. The number of furan rings is 1. The van der Waals surface area contributed by atoms with E-state index in [0.29, 0.717) is 17.5 Å². The zero-order valence-corrected chi connectivity index (χ0v) is 33.5. The van der Waals surface area contributed by atoms with Gasteiger partial charge in [0.25, 0.3) is 0 Å². The van der Waals surface area contributed by atoms with Crippen molar-refractivity contribution in [2.75, 3.05) is 0 Å². The largest absolute Gasteiger partial charge is 0.456 e. The van der Waals surface area contributed by atoms with Crippen molar-refractivity contribution in [1.82, 2.24) is 19.5 Å². The lowest BCUT2D eigenvalue weighted by atomic mass is 9.91. The lowest BCUT2D eigenvalue weighted by molar-refractivity contribution is 0.669. The predicted octanol–water partition coefficient (Wildman–Crippen LogP) is 14.9. The van der Waals surface area contributed by atoms with Crippen LogP contribution >= 0.6 is 0 Å². The Kier molecular flexibility index (Phi) is 8.42. The third-order valence-corrected chi connectivity index (χ3v) is 11.9. The number of fused-ring (bicyclic) bond motifs is 6. The van der Waals surface area contributed by atoms with Gasteiger partial charge >= 0.3 is 0 Å². The van der Waals surface area contributed by atoms with Gasteiger partial charge in [-0.15, -0.1) is 0 Å². The summed E-state index contributed by atoms with van der Waals surface area (Å²) in [6.07, 6.45) is 0. The summed E-state index contributed by atoms with van der Waals surface area (Å²) < 4.78 is 8.96. The Morgan fingerprint density at radius 2 is 0.839 bits per heavy atom. The second-order valence-electron chi connectivity index (χ2n) is 15.6. The van der Waals surface area contributed by atoms with E-state index in [1.165, 1.54) is 32.9 Å². The number of hydrogen-bond acceptors (Lipinski definition) is 4. The van der Waals surface area contributed by atoms with Crippen molar-refractivity contribution in [3.8, 4) is 73.2 Å². The molecule has 0 aliphatic heterocycles. The molecule has 0 saturated heterocycles. The molecule has 0 N–H and O–H groups in total. The molecule has 3 heterocycles. The third-order valence-electron chi connectivity index (χ3n) is 11.9. The summed E-state index contributed by atoms with van der Waals surface area (Å²) in [4.78, 5) is 15.0. The second kappa shape index (κ2) is 14.7. The van der Waals surface area contributed by atoms with E-state index < -0.39 is 0 Å². The smallest absolute Gasteiger partial charge is 0.164 e. The molecule has 0 unspecified atom stereocenters. The zero-order valence-electron chi connectivity index (χ0n) is 33.5. The van der Waals surface area contributed by atoms with E-state index in [4.69, 9.17) is 19.4 Å². The molecule has 0 radical (unpaired) electrons. The summed E-state index contributed by atoms with van der Waals surface area (Å²) in [7, 11) is 0. The molecule has 3 aromatic heterocycles. The molecular formula is C57H36N4O. The lowest BCUT2D eigenvalue weighted by Gasteiger charge is -2.13. The van der Waals surface area contributed by atoms with Crippen LogP contribution in [0.3, 0.4) is 0 Å². The van der Waals surface area contributed by atoms with Crippen LogP contribution in [0.4, 0.5) is 0 Å². The van der Waals surface area contributed by atoms with Gasteiger partial charge in [-0.25, -0.2) is 15.0 Å². The molecule has 0 saturated carbocycles. The topological polar surface area (TPSA) is 56.7 Å². The van der Waals surface area contributed by atoms with Gasteiger partial charge in [0.15, 0.2) is 17.5 Å². The van der Waals surface area contributed by atoms with Gasteiger partial charge in [0.2, 0.25) is 0 Å². The molecule has 0 atom stereocenters. The normalized spacial score (nSPS) is 11.5. The predicted molar refractivity (Wildman–Crippen MR) is 254 cm³/mol. The molecule has 5 nitrogen and oxygen atoms in total. The average Bonchev–Trinajstić information content (AvgIpc) is 3.90. The van der Waals surface area contributed by atoms with Crippen molar-refractivity contribution in [3.63, 3.8) is 0 Å². The van der Waals surface area contributed by atoms with Crippen molar-refractivity contribution in [1.29, 1.82) is 0 Å². The van der Waals surface area contributed by atoms with Crippen LogP contribution in [0, 0.1) is 0 Å². The molecule has 0 aliphatic rings. The summed E-state index contributed by atoms with van der Waals surface area (Å²) in [5, 5.41) is 4.55. The SMILES string of the molecule is c1ccc(-c2ccc(-c3nc(-c4ccccc4)nc(-c4ccc5c(c4)oc4ccc(-c6ccccc6-c6cccc7c6c6ccccc6n7-c6ccccc6)cc45)n3)cc2)cc1. The molecule has 0 bridgehead atoms. The van der Waals surface area contributed by atoms with Crippen LogP contribution in [0.5, 0.6) is 0 Å². The quantitative estimate of drug-likeness (QED) is 0.161. The standard InChI is InChI=1S/C57H36N4O/c1-4-15-37(16-5-1)38-27-29-40(30-28-38)56-58-55(39-17-6-2-7-18-39)59-57(60-56)42-31-33-46-49-35-41(32-34-52(49)62-53(46)36-42)44-21-10-11-22-45(44)47-24-14-26-51-54(47)48-23-12-13-25-50(48)61(51)43-19-8-3-9-20-43/h1-36H. The fourth-order valence-electron chi connectivity index (χ4n) is 8.95. The minimum absolute atomic E-state index is 0.584. The van der Waals surface area contributed by atoms with Crippen LogP contribution in [0.1, 0.15) is 0 Å². The maximum atomic E-state index is 6.58. The van der Waals surface area contributed by atoms with Gasteiger partial charge < -0.3 is 8.98 Å². The number of hydrogen-bond donors (Lipinski definition) is 0. The summed E-state index contributed by atoms with van der Waals surface area (Å²) in [6.45, 7) is 0. The first-order valence-corrected chi connectivity index (χ1v) is 20.8. The summed E-state index contributed by atoms with van der Waals surface area (Å²) >= 11 is 0. The van der Waals surface area contributed by atoms with Gasteiger partial charge in [0.1, 0.15) is 11.2 Å². The van der Waals surface area contributed by atoms with E-state index in [9.17, 15) is 0 Å². The molecular weight excluding hydrogens is 757 g/mol. The van der Waals surface area contributed by atoms with Crippen LogP contribution in [-0.4, -0.2) is 19.5 Å². The first kappa shape index (κ1) is 35.5. The molecule has 0 spiro atoms. The number of rotatable bonds is 7. The first-order valence-electron chi connectivity index (χ1n) is 20.8. The van der Waals surface area contributed by atoms with Crippen LogP contribution in [-0.2, 0) is 0 Å². The summed E-state index contributed by atoms with van der Waals surface area (Å²) in [6, 6.07) is 76.4. The minimum Gasteiger partial charge on any atom is -0.456 e. The highest BCUT2D eigenvalue weighted by Crippen LogP contribution is 2.43. The maximum Gasteiger partial charge on any atom is 0.164 e. The molecule has 0 aliphatic carbocycles. The minimum atomic E-state index is 0.584. The van der Waals surface area contributed by atoms with Gasteiger partial charge in [-0.2, -0.15) is 0 Å². The average molecular weight is 793 g/mol. The van der Waals surface area contributed by atoms with Crippen LogP contribution in [0.15, 0.2) is 223 Å². The lowest BCUT2D eigenvalue weighted by Crippen LogP contribution is -2.00. The first-order chi connectivity index (χ1) is 30.7. The monoisotopic (exact) mass is 792 g/mol. The number of aromatic nitrogens is 4. The van der Waals surface area contributed by atoms with Gasteiger partial charge in [-0.1, -0.05) is 170 Å². The summed E-state index contributed by atoms with van der Waals surface area (Å²) in [5.41, 5.74) is 14.8. The molecule has 9 aromatic carbocycles. The number of benzene rings is 9. The van der Waals surface area contributed by atoms with E-state index >= 15 is 0 Å².